The van der Waals surface area contributed by atoms with Crippen LogP contribution in [0.3, 0.4) is 0 Å². The SMILES string of the molecule is COc1cccc(C[C@H]2CCCCC/C=C\[C@H]3C[C@@]3(C(=O)O)CC(=O)[C@@H]3C[C@@H](Oc4nc5ccccc5s4)CN3C2=O)c1. The molecule has 1 saturated carbocycles. The highest BCUT2D eigenvalue weighted by Crippen LogP contribution is 2.57. The Morgan fingerprint density at radius 2 is 2.00 bits per heavy atom. The van der Waals surface area contributed by atoms with Crippen LogP contribution in [0.4, 0.5) is 0 Å². The third kappa shape index (κ3) is 6.32. The van der Waals surface area contributed by atoms with Crippen LogP contribution in [0.15, 0.2) is 60.7 Å². The van der Waals surface area contributed by atoms with Crippen molar-refractivity contribution in [2.75, 3.05) is 13.7 Å². The third-order valence-electron chi connectivity index (χ3n) is 9.27. The minimum absolute atomic E-state index is 0.0683. The number of hydrogen-bond acceptors (Lipinski definition) is 7. The number of ketones is 1. The number of carboxylic acid groups (broad SMARTS) is 1. The number of nitrogens with zero attached hydrogens (tertiary/aromatic N) is 2. The molecule has 1 N–H and O–H groups in total. The molecule has 1 aliphatic carbocycles. The van der Waals surface area contributed by atoms with Gasteiger partial charge < -0.3 is 19.5 Å². The summed E-state index contributed by atoms with van der Waals surface area (Å²) >= 11 is 1.44. The van der Waals surface area contributed by atoms with Crippen molar-refractivity contribution in [2.45, 2.75) is 69.9 Å². The van der Waals surface area contributed by atoms with Gasteiger partial charge in [-0.2, -0.15) is 0 Å². The van der Waals surface area contributed by atoms with Gasteiger partial charge in [-0.1, -0.05) is 60.6 Å². The maximum absolute atomic E-state index is 14.4. The molecule has 1 aromatic heterocycles. The molecule has 2 aliphatic heterocycles. The molecule has 5 atom stereocenters. The Labute approximate surface area is 255 Å². The summed E-state index contributed by atoms with van der Waals surface area (Å²) in [4.78, 5) is 47.0. The van der Waals surface area contributed by atoms with Gasteiger partial charge in [-0.15, -0.1) is 0 Å². The number of carbonyl (C=O) groups excluding carboxylic acids is 2. The number of rotatable bonds is 6. The highest BCUT2D eigenvalue weighted by molar-refractivity contribution is 7.20. The molecule has 0 unspecified atom stereocenters. The Morgan fingerprint density at radius 1 is 1.14 bits per heavy atom. The summed E-state index contributed by atoms with van der Waals surface area (Å²) in [7, 11) is 1.63. The summed E-state index contributed by atoms with van der Waals surface area (Å²) in [6, 6.07) is 14.9. The quantitative estimate of drug-likeness (QED) is 0.341. The smallest absolute Gasteiger partial charge is 0.310 e. The van der Waals surface area contributed by atoms with E-state index >= 15 is 0 Å². The molecule has 1 amide bonds. The van der Waals surface area contributed by atoms with E-state index in [1.165, 1.54) is 11.3 Å². The normalized spacial score (nSPS) is 28.8. The second-order valence-electron chi connectivity index (χ2n) is 12.2. The number of aromatic nitrogens is 1. The van der Waals surface area contributed by atoms with E-state index < -0.39 is 23.5 Å². The van der Waals surface area contributed by atoms with E-state index in [1.54, 1.807) is 12.0 Å². The summed E-state index contributed by atoms with van der Waals surface area (Å²) in [5, 5.41) is 10.7. The molecule has 0 spiro atoms. The zero-order valence-corrected chi connectivity index (χ0v) is 25.3. The number of ether oxygens (including phenoxy) is 2. The molecule has 3 heterocycles. The number of fused-ring (bicyclic) bond motifs is 3. The Hall–Kier alpha value is -3.72. The van der Waals surface area contributed by atoms with E-state index in [9.17, 15) is 19.5 Å². The Morgan fingerprint density at radius 3 is 2.81 bits per heavy atom. The van der Waals surface area contributed by atoms with Gasteiger partial charge in [0.2, 0.25) is 5.91 Å². The molecule has 3 aliphatic rings. The molecule has 0 radical (unpaired) electrons. The molecule has 1 saturated heterocycles. The lowest BCUT2D eigenvalue weighted by atomic mass is 9.90. The first-order valence-corrected chi connectivity index (χ1v) is 16.1. The zero-order chi connectivity index (χ0) is 30.0. The maximum Gasteiger partial charge on any atom is 0.310 e. The van der Waals surface area contributed by atoms with Crippen LogP contribution in [0.2, 0.25) is 0 Å². The van der Waals surface area contributed by atoms with Crippen molar-refractivity contribution in [3.63, 3.8) is 0 Å². The minimum atomic E-state index is -1.09. The van der Waals surface area contributed by atoms with E-state index in [-0.39, 0.29) is 36.5 Å². The first kappa shape index (κ1) is 29.4. The maximum atomic E-state index is 14.4. The Kier molecular flexibility index (Phi) is 8.52. The predicted octanol–water partition coefficient (Wildman–Crippen LogP) is 6.08. The second kappa shape index (κ2) is 12.5. The number of thiazole rings is 1. The minimum Gasteiger partial charge on any atom is -0.497 e. The number of hydrogen-bond donors (Lipinski definition) is 1. The molecule has 2 aromatic carbocycles. The number of carbonyl (C=O) groups is 3. The number of Topliss-reactive ketones (excluding diaryl/α,β-unsaturated/α-hetero) is 1. The van der Waals surface area contributed by atoms with Crippen molar-refractivity contribution in [3.8, 4) is 10.9 Å². The van der Waals surface area contributed by atoms with Gasteiger partial charge in [0.25, 0.3) is 5.19 Å². The summed E-state index contributed by atoms with van der Waals surface area (Å²) in [5.41, 5.74) is 0.764. The van der Waals surface area contributed by atoms with Crippen molar-refractivity contribution in [1.82, 2.24) is 9.88 Å². The molecule has 2 fully saturated rings. The van der Waals surface area contributed by atoms with Gasteiger partial charge in [0.15, 0.2) is 5.78 Å². The van der Waals surface area contributed by atoms with Crippen molar-refractivity contribution in [2.24, 2.45) is 17.3 Å². The van der Waals surface area contributed by atoms with Gasteiger partial charge in [0.1, 0.15) is 11.9 Å². The summed E-state index contributed by atoms with van der Waals surface area (Å²) in [6.45, 7) is 0.267. The molecule has 43 heavy (non-hydrogen) atoms. The van der Waals surface area contributed by atoms with Crippen molar-refractivity contribution < 1.29 is 29.0 Å². The number of carboxylic acids is 1. The predicted molar refractivity (Wildman–Crippen MR) is 164 cm³/mol. The van der Waals surface area contributed by atoms with Gasteiger partial charge in [-0.25, -0.2) is 4.98 Å². The lowest BCUT2D eigenvalue weighted by molar-refractivity contribution is -0.147. The zero-order valence-electron chi connectivity index (χ0n) is 24.4. The largest absolute Gasteiger partial charge is 0.497 e. The fourth-order valence-electron chi connectivity index (χ4n) is 6.74. The second-order valence-corrected chi connectivity index (χ2v) is 13.2. The number of benzene rings is 2. The first-order chi connectivity index (χ1) is 20.9. The van der Waals surface area contributed by atoms with E-state index in [0.717, 1.165) is 47.2 Å². The van der Waals surface area contributed by atoms with Crippen LogP contribution in [0.5, 0.6) is 10.9 Å². The van der Waals surface area contributed by atoms with Crippen LogP contribution in [0.25, 0.3) is 10.2 Å². The van der Waals surface area contributed by atoms with Crippen LogP contribution in [-0.4, -0.2) is 58.5 Å². The number of allylic oxidation sites excluding steroid dienone is 2. The summed E-state index contributed by atoms with van der Waals surface area (Å²) < 4.78 is 12.7. The third-order valence-corrected chi connectivity index (χ3v) is 10.2. The van der Waals surface area contributed by atoms with E-state index in [1.807, 2.05) is 54.6 Å². The van der Waals surface area contributed by atoms with Crippen molar-refractivity contribution in [3.05, 3.63) is 66.2 Å². The molecule has 9 heteroatoms. The Bertz CT molecular complexity index is 1500. The molecule has 0 bridgehead atoms. The van der Waals surface area contributed by atoms with Gasteiger partial charge in [-0.05, 0) is 67.9 Å². The number of aliphatic carboxylic acids is 1. The van der Waals surface area contributed by atoms with E-state index in [2.05, 4.69) is 11.1 Å². The van der Waals surface area contributed by atoms with E-state index in [4.69, 9.17) is 9.47 Å². The molecular weight excluding hydrogens is 564 g/mol. The molecule has 3 aromatic rings. The number of amides is 1. The molecular formula is C34H38N2O6S. The van der Waals surface area contributed by atoms with Crippen molar-refractivity contribution >= 4 is 39.2 Å². The lowest BCUT2D eigenvalue weighted by Crippen LogP contribution is -2.45. The fraction of sp³-hybridized carbons (Fsp3) is 0.471. The van der Waals surface area contributed by atoms with Crippen LogP contribution in [-0.2, 0) is 20.8 Å². The molecule has 8 nitrogen and oxygen atoms in total. The average Bonchev–Trinajstić information content (AvgIpc) is 3.32. The molecule has 226 valence electrons. The lowest BCUT2D eigenvalue weighted by Gasteiger charge is -2.29. The van der Waals surface area contributed by atoms with Crippen LogP contribution < -0.4 is 9.47 Å². The standard InChI is InChI=1S/C34H38N2O6S/c1-41-25-13-9-10-22(17-25)16-23-11-5-3-2-4-6-12-24-19-34(24,32(39)40)20-29(37)28-18-26(21-36(28)31(23)38)42-33-35-27-14-7-8-15-30(27)43-33/h6-10,12-15,17,23-24,26,28H,2-5,11,16,18-21H2,1H3,(H,39,40)/b12-6-/t23-,24+,26-,28+,34-/m1/s1. The number of para-hydroxylation sites is 1. The average molecular weight is 603 g/mol. The molecule has 6 rings (SSSR count). The van der Waals surface area contributed by atoms with Crippen molar-refractivity contribution in [1.29, 1.82) is 0 Å². The Balaban J connectivity index is 1.29. The monoisotopic (exact) mass is 602 g/mol. The van der Waals surface area contributed by atoms with Gasteiger partial charge in [-0.3, -0.25) is 14.4 Å². The van der Waals surface area contributed by atoms with Gasteiger partial charge >= 0.3 is 5.97 Å². The van der Waals surface area contributed by atoms with Crippen LogP contribution in [0, 0.1) is 17.3 Å². The van der Waals surface area contributed by atoms with E-state index in [0.29, 0.717) is 30.9 Å². The topological polar surface area (TPSA) is 106 Å². The summed E-state index contributed by atoms with van der Waals surface area (Å²) in [5.74, 6) is -0.927. The van der Waals surface area contributed by atoms with Gasteiger partial charge in [0.05, 0.1) is 35.3 Å². The van der Waals surface area contributed by atoms with Crippen LogP contribution >= 0.6 is 11.3 Å². The highest BCUT2D eigenvalue weighted by atomic mass is 32.1. The van der Waals surface area contributed by atoms with Crippen LogP contribution in [0.1, 0.15) is 56.9 Å². The first-order valence-electron chi connectivity index (χ1n) is 15.2. The van der Waals surface area contributed by atoms with Gasteiger partial charge in [0, 0.05) is 18.8 Å². The highest BCUT2D eigenvalue weighted by Gasteiger charge is 2.61. The number of methoxy groups -OCH3 is 1. The summed E-state index contributed by atoms with van der Waals surface area (Å²) in [6.07, 6.45) is 9.32. The fourth-order valence-corrected chi connectivity index (χ4v) is 7.62.